The topological polar surface area (TPSA) is 17.1 Å². The van der Waals surface area contributed by atoms with Crippen LogP contribution in [0.3, 0.4) is 0 Å². The Kier molecular flexibility index (Phi) is 5.20. The summed E-state index contributed by atoms with van der Waals surface area (Å²) in [5.74, 6) is 5.37. The molecule has 0 amide bonds. The minimum Gasteiger partial charge on any atom is -0.285 e. The third-order valence-corrected chi connectivity index (χ3v) is 1.10. The second-order valence-corrected chi connectivity index (χ2v) is 2.61. The molecule has 0 spiro atoms. The quantitative estimate of drug-likeness (QED) is 0.343. The van der Waals surface area contributed by atoms with E-state index >= 15 is 0 Å². The van der Waals surface area contributed by atoms with Gasteiger partial charge in [0, 0.05) is 12.8 Å². The minimum atomic E-state index is 0.0359. The lowest BCUT2D eigenvalue weighted by Crippen LogP contribution is -1.90. The summed E-state index contributed by atoms with van der Waals surface area (Å²) < 4.78 is 0. The number of carbonyl (C=O) groups is 1. The van der Waals surface area contributed by atoms with E-state index in [9.17, 15) is 4.79 Å². The summed E-state index contributed by atoms with van der Waals surface area (Å²) in [6.45, 7) is 7.56. The molecule has 0 rings (SSSR count). The molecule has 0 aromatic carbocycles. The van der Waals surface area contributed by atoms with E-state index in [1.807, 2.05) is 13.8 Å². The smallest absolute Gasteiger partial charge is 0.205 e. The molecule has 60 valence electrons. The Hall–Kier alpha value is -1.03. The zero-order chi connectivity index (χ0) is 8.69. The van der Waals surface area contributed by atoms with Gasteiger partial charge in [0.2, 0.25) is 5.78 Å². The molecule has 0 aliphatic carbocycles. The molecule has 0 unspecified atom stereocenters. The average Bonchev–Trinajstić information content (AvgIpc) is 1.87. The van der Waals surface area contributed by atoms with Gasteiger partial charge in [-0.05, 0) is 19.3 Å². The van der Waals surface area contributed by atoms with Gasteiger partial charge in [0.05, 0.1) is 0 Å². The molecule has 0 saturated carbocycles. The Morgan fingerprint density at radius 2 is 2.18 bits per heavy atom. The summed E-state index contributed by atoms with van der Waals surface area (Å²) in [6, 6.07) is 0. The lowest BCUT2D eigenvalue weighted by atomic mass is 10.2. The third-order valence-electron chi connectivity index (χ3n) is 1.10. The normalized spacial score (nSPS) is 8.18. The number of hydrogen-bond acceptors (Lipinski definition) is 1. The van der Waals surface area contributed by atoms with Crippen molar-refractivity contribution in [3.63, 3.8) is 0 Å². The van der Waals surface area contributed by atoms with E-state index in [0.29, 0.717) is 12.8 Å². The molecule has 0 aliphatic rings. The summed E-state index contributed by atoms with van der Waals surface area (Å²) in [6.07, 6.45) is 2.08. The molecule has 0 bridgehead atoms. The van der Waals surface area contributed by atoms with Crippen LogP contribution in [0.15, 0.2) is 12.2 Å². The number of Topliss-reactive ketones (excluding diaryl/α,β-unsaturated/α-hetero) is 1. The van der Waals surface area contributed by atoms with Crippen molar-refractivity contribution in [1.29, 1.82) is 0 Å². The maximum Gasteiger partial charge on any atom is 0.205 e. The van der Waals surface area contributed by atoms with Crippen LogP contribution in [0.4, 0.5) is 0 Å². The van der Waals surface area contributed by atoms with E-state index < -0.39 is 0 Å². The SMILES string of the molecule is C=C(C)CC#CC(=O)CCC. The number of carbonyl (C=O) groups excluding carboxylic acids is 1. The second-order valence-electron chi connectivity index (χ2n) is 2.61. The first-order chi connectivity index (χ1) is 5.16. The highest BCUT2D eigenvalue weighted by Gasteiger charge is 1.91. The predicted molar refractivity (Wildman–Crippen MR) is 47.1 cm³/mol. The average molecular weight is 150 g/mol. The molecule has 0 saturated heterocycles. The van der Waals surface area contributed by atoms with Gasteiger partial charge < -0.3 is 0 Å². The molecule has 0 aromatic heterocycles. The highest BCUT2D eigenvalue weighted by molar-refractivity contribution is 5.95. The van der Waals surface area contributed by atoms with Gasteiger partial charge in [-0.2, -0.15) is 0 Å². The third kappa shape index (κ3) is 6.86. The van der Waals surface area contributed by atoms with Crippen LogP contribution < -0.4 is 0 Å². The molecule has 0 aliphatic heterocycles. The predicted octanol–water partition coefficient (Wildman–Crippen LogP) is 2.33. The molecule has 0 atom stereocenters. The van der Waals surface area contributed by atoms with Crippen LogP contribution in [0.5, 0.6) is 0 Å². The van der Waals surface area contributed by atoms with Crippen molar-refractivity contribution < 1.29 is 4.79 Å². The van der Waals surface area contributed by atoms with Gasteiger partial charge in [-0.3, -0.25) is 4.79 Å². The first-order valence-electron chi connectivity index (χ1n) is 3.83. The van der Waals surface area contributed by atoms with Crippen molar-refractivity contribution in [1.82, 2.24) is 0 Å². The van der Waals surface area contributed by atoms with E-state index in [1.165, 1.54) is 0 Å². The van der Waals surface area contributed by atoms with Crippen LogP contribution in [0.25, 0.3) is 0 Å². The van der Waals surface area contributed by atoms with Gasteiger partial charge >= 0.3 is 0 Å². The number of rotatable bonds is 3. The summed E-state index contributed by atoms with van der Waals surface area (Å²) in [5.41, 5.74) is 1.00. The van der Waals surface area contributed by atoms with E-state index in [4.69, 9.17) is 0 Å². The molecule has 1 nitrogen and oxygen atoms in total. The van der Waals surface area contributed by atoms with Gasteiger partial charge in [0.25, 0.3) is 0 Å². The molecule has 0 radical (unpaired) electrons. The first-order valence-corrected chi connectivity index (χ1v) is 3.83. The van der Waals surface area contributed by atoms with Crippen molar-refractivity contribution in [2.24, 2.45) is 0 Å². The van der Waals surface area contributed by atoms with Crippen LogP contribution in [0.2, 0.25) is 0 Å². The van der Waals surface area contributed by atoms with Crippen LogP contribution >= 0.6 is 0 Å². The maximum absolute atomic E-state index is 10.8. The Bertz CT molecular complexity index is 203. The van der Waals surface area contributed by atoms with Crippen molar-refractivity contribution >= 4 is 5.78 Å². The number of allylic oxidation sites excluding steroid dienone is 1. The monoisotopic (exact) mass is 150 g/mol. The molecule has 11 heavy (non-hydrogen) atoms. The number of hydrogen-bond donors (Lipinski definition) is 0. The zero-order valence-corrected chi connectivity index (χ0v) is 7.24. The lowest BCUT2D eigenvalue weighted by molar-refractivity contribution is -0.113. The van der Waals surface area contributed by atoms with E-state index in [-0.39, 0.29) is 5.78 Å². The number of ketones is 1. The summed E-state index contributed by atoms with van der Waals surface area (Å²) >= 11 is 0. The van der Waals surface area contributed by atoms with Crippen LogP contribution in [-0.2, 0) is 4.79 Å². The zero-order valence-electron chi connectivity index (χ0n) is 7.24. The fraction of sp³-hybridized carbons (Fsp3) is 0.500. The van der Waals surface area contributed by atoms with Gasteiger partial charge in [0.15, 0.2) is 0 Å². The molecular formula is C10H14O. The van der Waals surface area contributed by atoms with Crippen molar-refractivity contribution in [3.05, 3.63) is 12.2 Å². The van der Waals surface area contributed by atoms with Crippen molar-refractivity contribution in [2.45, 2.75) is 33.1 Å². The lowest BCUT2D eigenvalue weighted by Gasteiger charge is -1.85. The van der Waals surface area contributed by atoms with Gasteiger partial charge in [-0.1, -0.05) is 25.0 Å². The molecule has 0 aromatic rings. The van der Waals surface area contributed by atoms with E-state index in [2.05, 4.69) is 18.4 Å². The largest absolute Gasteiger partial charge is 0.285 e. The Balaban J connectivity index is 3.69. The Morgan fingerprint density at radius 1 is 1.55 bits per heavy atom. The summed E-state index contributed by atoms with van der Waals surface area (Å²) in [7, 11) is 0. The van der Waals surface area contributed by atoms with Crippen LogP contribution in [0.1, 0.15) is 33.1 Å². The van der Waals surface area contributed by atoms with Crippen molar-refractivity contribution in [3.8, 4) is 11.8 Å². The van der Waals surface area contributed by atoms with E-state index in [1.54, 1.807) is 0 Å². The standard InChI is InChI=1S/C10H14O/c1-4-6-10(11)8-5-7-9(2)3/h2,4,6-7H2,1,3H3. The molecule has 0 heterocycles. The van der Waals surface area contributed by atoms with Crippen molar-refractivity contribution in [2.75, 3.05) is 0 Å². The molecular weight excluding hydrogens is 136 g/mol. The Morgan fingerprint density at radius 3 is 2.64 bits per heavy atom. The Labute approximate surface area is 68.5 Å². The van der Waals surface area contributed by atoms with Crippen LogP contribution in [0, 0.1) is 11.8 Å². The maximum atomic E-state index is 10.8. The van der Waals surface area contributed by atoms with Gasteiger partial charge in [0.1, 0.15) is 0 Å². The fourth-order valence-electron chi connectivity index (χ4n) is 0.583. The highest BCUT2D eigenvalue weighted by atomic mass is 16.1. The minimum absolute atomic E-state index is 0.0359. The second kappa shape index (κ2) is 5.73. The molecule has 1 heteroatoms. The van der Waals surface area contributed by atoms with Gasteiger partial charge in [-0.25, -0.2) is 0 Å². The van der Waals surface area contributed by atoms with Gasteiger partial charge in [-0.15, -0.1) is 0 Å². The van der Waals surface area contributed by atoms with E-state index in [0.717, 1.165) is 12.0 Å². The summed E-state index contributed by atoms with van der Waals surface area (Å²) in [5, 5.41) is 0. The van der Waals surface area contributed by atoms with Crippen LogP contribution in [-0.4, -0.2) is 5.78 Å². The first kappa shape index (κ1) is 9.97. The summed E-state index contributed by atoms with van der Waals surface area (Å²) in [4.78, 5) is 10.8. The molecule has 0 fully saturated rings. The molecule has 0 N–H and O–H groups in total. The fourth-order valence-corrected chi connectivity index (χ4v) is 0.583. The highest BCUT2D eigenvalue weighted by Crippen LogP contribution is 1.92.